The van der Waals surface area contributed by atoms with Crippen molar-refractivity contribution in [1.82, 2.24) is 19.9 Å². The lowest BCUT2D eigenvalue weighted by Crippen LogP contribution is -2.29. The van der Waals surface area contributed by atoms with Crippen molar-refractivity contribution in [1.29, 1.82) is 0 Å². The van der Waals surface area contributed by atoms with Gasteiger partial charge in [-0.2, -0.15) is 0 Å². The summed E-state index contributed by atoms with van der Waals surface area (Å²) in [4.78, 5) is 13.3. The molecule has 4 rings (SSSR count). The van der Waals surface area contributed by atoms with E-state index < -0.39 is 30.5 Å². The maximum Gasteiger partial charge on any atom is 0.255 e. The molecule has 144 valence electrons. The quantitative estimate of drug-likeness (QED) is 0.638. The van der Waals surface area contributed by atoms with E-state index in [9.17, 15) is 22.4 Å². The minimum atomic E-state index is -2.62. The van der Waals surface area contributed by atoms with Crippen LogP contribution >= 0.6 is 0 Å². The summed E-state index contributed by atoms with van der Waals surface area (Å²) in [6, 6.07) is 8.32. The Morgan fingerprint density at radius 3 is 2.54 bits per heavy atom. The van der Waals surface area contributed by atoms with Crippen molar-refractivity contribution in [3.05, 3.63) is 64.9 Å². The number of halogens is 4. The van der Waals surface area contributed by atoms with Crippen molar-refractivity contribution in [2.75, 3.05) is 6.54 Å². The first-order valence-electron chi connectivity index (χ1n) is 8.44. The van der Waals surface area contributed by atoms with E-state index in [-0.39, 0.29) is 12.2 Å². The smallest absolute Gasteiger partial charge is 0.255 e. The van der Waals surface area contributed by atoms with Crippen molar-refractivity contribution in [2.24, 2.45) is 0 Å². The third kappa shape index (κ3) is 2.92. The SMILES string of the molecule is Cc1c(-c2ccc3c(c2)CN(CC(F)F)C3=O)nnn1-c1c(F)cccc1F. The Kier molecular flexibility index (Phi) is 4.37. The van der Waals surface area contributed by atoms with Gasteiger partial charge >= 0.3 is 0 Å². The third-order valence-electron chi connectivity index (χ3n) is 4.66. The molecular formula is C19H14F4N4O. The zero-order chi connectivity index (χ0) is 20.0. The molecule has 1 amide bonds. The monoisotopic (exact) mass is 390 g/mol. The van der Waals surface area contributed by atoms with Gasteiger partial charge in [0.25, 0.3) is 12.3 Å². The molecular weight excluding hydrogens is 376 g/mol. The van der Waals surface area contributed by atoms with Crippen LogP contribution < -0.4 is 0 Å². The molecule has 1 aliphatic heterocycles. The topological polar surface area (TPSA) is 51.0 Å². The number of nitrogens with zero attached hydrogens (tertiary/aromatic N) is 4. The van der Waals surface area contributed by atoms with Crippen LogP contribution in [-0.4, -0.2) is 38.8 Å². The van der Waals surface area contributed by atoms with Crippen LogP contribution in [0.25, 0.3) is 16.9 Å². The van der Waals surface area contributed by atoms with Gasteiger partial charge in [0, 0.05) is 17.7 Å². The van der Waals surface area contributed by atoms with E-state index in [1.165, 1.54) is 6.07 Å². The van der Waals surface area contributed by atoms with Gasteiger partial charge in [-0.25, -0.2) is 22.2 Å². The number of aromatic nitrogens is 3. The summed E-state index contributed by atoms with van der Waals surface area (Å²) in [6.45, 7) is 1.05. The molecule has 9 heteroatoms. The lowest BCUT2D eigenvalue weighted by atomic mass is 10.0. The summed E-state index contributed by atoms with van der Waals surface area (Å²) in [5.74, 6) is -2.00. The Morgan fingerprint density at radius 2 is 1.86 bits per heavy atom. The molecule has 0 spiro atoms. The predicted molar refractivity (Wildman–Crippen MR) is 92.2 cm³/mol. The van der Waals surface area contributed by atoms with Crippen LogP contribution in [0.2, 0.25) is 0 Å². The number of benzene rings is 2. The number of rotatable bonds is 4. The zero-order valence-electron chi connectivity index (χ0n) is 14.7. The molecule has 0 saturated heterocycles. The van der Waals surface area contributed by atoms with Crippen molar-refractivity contribution in [2.45, 2.75) is 19.9 Å². The fourth-order valence-corrected chi connectivity index (χ4v) is 3.34. The number of carbonyl (C=O) groups excluding carboxylic acids is 1. The molecule has 0 saturated carbocycles. The van der Waals surface area contributed by atoms with Gasteiger partial charge in [-0.05, 0) is 36.8 Å². The van der Waals surface area contributed by atoms with Crippen molar-refractivity contribution >= 4 is 5.91 Å². The highest BCUT2D eigenvalue weighted by Crippen LogP contribution is 2.30. The van der Waals surface area contributed by atoms with E-state index in [0.29, 0.717) is 28.1 Å². The fourth-order valence-electron chi connectivity index (χ4n) is 3.34. The summed E-state index contributed by atoms with van der Waals surface area (Å²) in [5.41, 5.74) is 1.97. The first kappa shape index (κ1) is 18.1. The van der Waals surface area contributed by atoms with Crippen LogP contribution in [0.3, 0.4) is 0 Å². The van der Waals surface area contributed by atoms with E-state index in [1.807, 2.05) is 0 Å². The highest BCUT2D eigenvalue weighted by Gasteiger charge is 2.30. The van der Waals surface area contributed by atoms with Gasteiger partial charge in [-0.1, -0.05) is 17.3 Å². The maximum atomic E-state index is 14.1. The molecule has 1 aliphatic rings. The summed E-state index contributed by atoms with van der Waals surface area (Å²) in [7, 11) is 0. The van der Waals surface area contributed by atoms with Gasteiger partial charge in [0.2, 0.25) is 0 Å². The van der Waals surface area contributed by atoms with Gasteiger partial charge in [-0.15, -0.1) is 5.10 Å². The summed E-state index contributed by atoms with van der Waals surface area (Å²) >= 11 is 0. The number of para-hydroxylation sites is 1. The molecule has 0 aliphatic carbocycles. The highest BCUT2D eigenvalue weighted by molar-refractivity contribution is 5.99. The fraction of sp³-hybridized carbons (Fsp3) is 0.211. The maximum absolute atomic E-state index is 14.1. The van der Waals surface area contributed by atoms with Crippen LogP contribution in [-0.2, 0) is 6.54 Å². The molecule has 0 fully saturated rings. The molecule has 0 bridgehead atoms. The average Bonchev–Trinajstić information content (AvgIpc) is 3.15. The normalized spacial score (nSPS) is 13.5. The second kappa shape index (κ2) is 6.74. The van der Waals surface area contributed by atoms with Gasteiger partial charge < -0.3 is 4.90 Å². The van der Waals surface area contributed by atoms with Gasteiger partial charge in [0.1, 0.15) is 11.4 Å². The van der Waals surface area contributed by atoms with E-state index in [4.69, 9.17) is 0 Å². The largest absolute Gasteiger partial charge is 0.329 e. The van der Waals surface area contributed by atoms with E-state index in [2.05, 4.69) is 10.3 Å². The van der Waals surface area contributed by atoms with Gasteiger partial charge in [0.15, 0.2) is 11.6 Å². The van der Waals surface area contributed by atoms with Crippen molar-refractivity contribution < 1.29 is 22.4 Å². The van der Waals surface area contributed by atoms with Crippen LogP contribution in [0, 0.1) is 18.6 Å². The van der Waals surface area contributed by atoms with E-state index in [1.54, 1.807) is 25.1 Å². The van der Waals surface area contributed by atoms with E-state index in [0.717, 1.165) is 21.7 Å². The summed E-state index contributed by atoms with van der Waals surface area (Å²) < 4.78 is 54.5. The Labute approximate surface area is 157 Å². The first-order valence-corrected chi connectivity index (χ1v) is 8.44. The molecule has 5 nitrogen and oxygen atoms in total. The number of hydrogen-bond donors (Lipinski definition) is 0. The van der Waals surface area contributed by atoms with Crippen LogP contribution in [0.15, 0.2) is 36.4 Å². The number of hydrogen-bond acceptors (Lipinski definition) is 3. The standard InChI is InChI=1S/C19H14F4N4O/c1-10-17(24-25-27(10)18-14(20)3-2-4-15(18)21)11-5-6-13-12(7-11)8-26(19(13)28)9-16(22)23/h2-7,16H,8-9H2,1H3. The Morgan fingerprint density at radius 1 is 1.14 bits per heavy atom. The second-order valence-electron chi connectivity index (χ2n) is 6.45. The molecule has 0 atom stereocenters. The predicted octanol–water partition coefficient (Wildman–Crippen LogP) is 3.74. The van der Waals surface area contributed by atoms with E-state index >= 15 is 0 Å². The van der Waals surface area contributed by atoms with Gasteiger partial charge in [0.05, 0.1) is 12.2 Å². The second-order valence-corrected chi connectivity index (χ2v) is 6.45. The Balaban J connectivity index is 1.72. The molecule has 28 heavy (non-hydrogen) atoms. The molecule has 2 aromatic carbocycles. The molecule has 1 aromatic heterocycles. The van der Waals surface area contributed by atoms with Crippen LogP contribution in [0.1, 0.15) is 21.6 Å². The first-order chi connectivity index (χ1) is 13.4. The highest BCUT2D eigenvalue weighted by atomic mass is 19.3. The lowest BCUT2D eigenvalue weighted by molar-refractivity contribution is 0.0577. The molecule has 0 N–H and O–H groups in total. The number of alkyl halides is 2. The Bertz CT molecular complexity index is 1060. The van der Waals surface area contributed by atoms with Gasteiger partial charge in [-0.3, -0.25) is 4.79 Å². The lowest BCUT2D eigenvalue weighted by Gasteiger charge is -2.13. The molecule has 2 heterocycles. The van der Waals surface area contributed by atoms with Crippen LogP contribution in [0.4, 0.5) is 17.6 Å². The average molecular weight is 390 g/mol. The number of amides is 1. The van der Waals surface area contributed by atoms with Crippen LogP contribution in [0.5, 0.6) is 0 Å². The number of carbonyl (C=O) groups is 1. The summed E-state index contributed by atoms with van der Waals surface area (Å²) in [5, 5.41) is 7.87. The van der Waals surface area contributed by atoms with Crippen molar-refractivity contribution in [3.63, 3.8) is 0 Å². The minimum Gasteiger partial charge on any atom is -0.329 e. The molecule has 0 radical (unpaired) electrons. The molecule has 0 unspecified atom stereocenters. The Hall–Kier alpha value is -3.23. The van der Waals surface area contributed by atoms with Crippen molar-refractivity contribution in [3.8, 4) is 16.9 Å². The molecule has 3 aromatic rings. The third-order valence-corrected chi connectivity index (χ3v) is 4.66. The summed E-state index contributed by atoms with van der Waals surface area (Å²) in [6.07, 6.45) is -2.62. The number of fused-ring (bicyclic) bond motifs is 1. The minimum absolute atomic E-state index is 0.0709. The zero-order valence-corrected chi connectivity index (χ0v) is 14.7.